The van der Waals surface area contributed by atoms with Crippen LogP contribution in [0.2, 0.25) is 5.02 Å². The summed E-state index contributed by atoms with van der Waals surface area (Å²) in [6.45, 7) is 1.38. The molecule has 1 amide bonds. The van der Waals surface area contributed by atoms with Crippen LogP contribution in [0, 0.1) is 5.82 Å². The number of benzene rings is 3. The molecular weight excluding hydrogens is 511 g/mol. The second-order valence-electron chi connectivity index (χ2n) is 9.52. The zero-order valence-electron chi connectivity index (χ0n) is 20.6. The van der Waals surface area contributed by atoms with Gasteiger partial charge in [-0.3, -0.25) is 14.4 Å². The van der Waals surface area contributed by atoms with Crippen LogP contribution in [0.3, 0.4) is 0 Å². The van der Waals surface area contributed by atoms with Crippen molar-refractivity contribution >= 4 is 23.3 Å². The topological polar surface area (TPSA) is 88.1 Å². The summed E-state index contributed by atoms with van der Waals surface area (Å²) in [5.41, 5.74) is 2.26. The monoisotopic (exact) mass is 538 g/mol. The molecule has 1 heterocycles. The van der Waals surface area contributed by atoms with Crippen molar-refractivity contribution in [2.45, 2.75) is 37.5 Å². The molecular formula is C29H28ClFN2O5. The minimum Gasteiger partial charge on any atom is -0.489 e. The fourth-order valence-corrected chi connectivity index (χ4v) is 4.54. The van der Waals surface area contributed by atoms with Crippen molar-refractivity contribution in [3.8, 4) is 16.9 Å². The maximum absolute atomic E-state index is 13.2. The molecule has 5 rings (SSSR count). The van der Waals surface area contributed by atoms with Crippen LogP contribution in [-0.4, -0.2) is 53.7 Å². The molecule has 2 atom stereocenters. The van der Waals surface area contributed by atoms with E-state index in [1.165, 1.54) is 12.1 Å². The van der Waals surface area contributed by atoms with Gasteiger partial charge in [-0.25, -0.2) is 4.39 Å². The Bertz CT molecular complexity index is 1290. The summed E-state index contributed by atoms with van der Waals surface area (Å²) < 4.78 is 19.0. The third-order valence-corrected chi connectivity index (χ3v) is 6.87. The normalized spacial score (nSPS) is 17.1. The third-order valence-electron chi connectivity index (χ3n) is 6.57. The lowest BCUT2D eigenvalue weighted by Crippen LogP contribution is -2.48. The van der Waals surface area contributed by atoms with Crippen molar-refractivity contribution in [1.82, 2.24) is 10.4 Å². The number of Topliss-reactive ketones (excluding diaryl/α,β-unsaturated/α-hetero) is 1. The molecule has 2 N–H and O–H groups in total. The van der Waals surface area contributed by atoms with Gasteiger partial charge in [-0.05, 0) is 60.2 Å². The average molecular weight is 539 g/mol. The van der Waals surface area contributed by atoms with Crippen molar-refractivity contribution in [1.29, 1.82) is 0 Å². The lowest BCUT2D eigenvalue weighted by Gasteiger charge is -2.28. The quantitative estimate of drug-likeness (QED) is 0.287. The van der Waals surface area contributed by atoms with E-state index in [0.29, 0.717) is 29.5 Å². The van der Waals surface area contributed by atoms with Crippen LogP contribution in [-0.2, 0) is 9.63 Å². The van der Waals surface area contributed by atoms with Crippen LogP contribution >= 0.6 is 11.6 Å². The number of rotatable bonds is 10. The fourth-order valence-electron chi connectivity index (χ4n) is 4.30. The summed E-state index contributed by atoms with van der Waals surface area (Å²) in [4.78, 5) is 31.5. The predicted molar refractivity (Wildman–Crippen MR) is 140 cm³/mol. The highest BCUT2D eigenvalue weighted by molar-refractivity contribution is 6.42. The number of carbonyl (C=O) groups is 2. The molecule has 1 aliphatic carbocycles. The van der Waals surface area contributed by atoms with Crippen molar-refractivity contribution in [3.05, 3.63) is 88.7 Å². The summed E-state index contributed by atoms with van der Waals surface area (Å²) in [5.74, 6) is -1.37. The van der Waals surface area contributed by atoms with Crippen molar-refractivity contribution in [3.63, 3.8) is 0 Å². The number of amides is 1. The maximum Gasteiger partial charge on any atom is 0.292 e. The molecule has 0 spiro atoms. The van der Waals surface area contributed by atoms with Crippen LogP contribution in [0.1, 0.15) is 41.3 Å². The predicted octanol–water partition coefficient (Wildman–Crippen LogP) is 4.73. The van der Waals surface area contributed by atoms with E-state index in [1.54, 1.807) is 59.7 Å². The van der Waals surface area contributed by atoms with Gasteiger partial charge in [0, 0.05) is 18.7 Å². The van der Waals surface area contributed by atoms with E-state index >= 15 is 0 Å². The Morgan fingerprint density at radius 3 is 2.37 bits per heavy atom. The highest BCUT2D eigenvalue weighted by atomic mass is 35.5. The van der Waals surface area contributed by atoms with E-state index in [9.17, 15) is 19.1 Å². The average Bonchev–Trinajstić information content (AvgIpc) is 3.60. The smallest absolute Gasteiger partial charge is 0.292 e. The molecule has 1 saturated carbocycles. The highest BCUT2D eigenvalue weighted by Crippen LogP contribution is 2.34. The maximum atomic E-state index is 13.2. The second kappa shape index (κ2) is 11.6. The van der Waals surface area contributed by atoms with Crippen molar-refractivity contribution < 1.29 is 28.7 Å². The number of halogens is 2. The molecule has 2 fully saturated rings. The van der Waals surface area contributed by atoms with E-state index in [0.717, 1.165) is 30.4 Å². The first-order chi connectivity index (χ1) is 18.4. The molecule has 9 heteroatoms. The standard InChI is InChI=1S/C29H28ClFN2O5/c30-24-16-21(8-13-26(24)38-23-11-12-23)27(34)25(17-33-14-1-15-37-33)32-29(36)28(35)20-4-2-18(3-5-20)19-6-9-22(31)10-7-19/h2-10,13,16,23,25,27,34H,1,11-12,14-15,17H2,(H,32,36). The fraction of sp³-hybridized carbons (Fsp3) is 0.310. The highest BCUT2D eigenvalue weighted by Gasteiger charge is 2.30. The number of hydrogen-bond donors (Lipinski definition) is 2. The third kappa shape index (κ3) is 6.39. The zero-order valence-corrected chi connectivity index (χ0v) is 21.4. The van der Waals surface area contributed by atoms with E-state index in [2.05, 4.69) is 5.32 Å². The van der Waals surface area contributed by atoms with Gasteiger partial charge in [0.1, 0.15) is 17.7 Å². The van der Waals surface area contributed by atoms with Gasteiger partial charge in [-0.1, -0.05) is 54.1 Å². The van der Waals surface area contributed by atoms with Gasteiger partial charge < -0.3 is 15.2 Å². The Balaban J connectivity index is 1.29. The first-order valence-corrected chi connectivity index (χ1v) is 13.0. The van der Waals surface area contributed by atoms with Crippen LogP contribution in [0.25, 0.3) is 11.1 Å². The Kier molecular flexibility index (Phi) is 8.04. The van der Waals surface area contributed by atoms with Crippen molar-refractivity contribution in [2.75, 3.05) is 19.7 Å². The number of ether oxygens (including phenoxy) is 1. The molecule has 0 bridgehead atoms. The van der Waals surface area contributed by atoms with Crippen LogP contribution in [0.4, 0.5) is 4.39 Å². The molecule has 0 radical (unpaired) electrons. The van der Waals surface area contributed by atoms with Gasteiger partial charge in [-0.15, -0.1) is 0 Å². The molecule has 2 aliphatic rings. The lowest BCUT2D eigenvalue weighted by atomic mass is 10.00. The van der Waals surface area contributed by atoms with Crippen LogP contribution in [0.5, 0.6) is 5.75 Å². The molecule has 38 heavy (non-hydrogen) atoms. The molecule has 0 aromatic heterocycles. The van der Waals surface area contributed by atoms with Crippen LogP contribution in [0.15, 0.2) is 66.7 Å². The van der Waals surface area contributed by atoms with Gasteiger partial charge in [0.2, 0.25) is 5.78 Å². The minimum atomic E-state index is -1.15. The number of hydroxylamine groups is 2. The summed E-state index contributed by atoms with van der Waals surface area (Å²) in [7, 11) is 0. The number of aliphatic hydroxyl groups excluding tert-OH is 1. The minimum absolute atomic E-state index is 0.179. The summed E-state index contributed by atoms with van der Waals surface area (Å²) in [5, 5.41) is 15.9. The molecule has 2 unspecified atom stereocenters. The van der Waals surface area contributed by atoms with E-state index in [-0.39, 0.29) is 24.0 Å². The number of aliphatic hydroxyl groups is 1. The van der Waals surface area contributed by atoms with Crippen LogP contribution < -0.4 is 10.1 Å². The van der Waals surface area contributed by atoms with Gasteiger partial charge in [-0.2, -0.15) is 5.06 Å². The molecule has 198 valence electrons. The SMILES string of the molecule is O=C(NC(CN1CCCO1)C(O)c1ccc(OC2CC2)c(Cl)c1)C(=O)c1ccc(-c2ccc(F)cc2)cc1. The Hall–Kier alpha value is -3.30. The van der Waals surface area contributed by atoms with Gasteiger partial charge >= 0.3 is 0 Å². The van der Waals surface area contributed by atoms with E-state index in [4.69, 9.17) is 21.2 Å². The molecule has 7 nitrogen and oxygen atoms in total. The summed E-state index contributed by atoms with van der Waals surface area (Å²) in [6.07, 6.45) is 1.85. The lowest BCUT2D eigenvalue weighted by molar-refractivity contribution is -0.129. The zero-order chi connectivity index (χ0) is 26.6. The van der Waals surface area contributed by atoms with Gasteiger partial charge in [0.15, 0.2) is 0 Å². The van der Waals surface area contributed by atoms with E-state index < -0.39 is 23.8 Å². The van der Waals surface area contributed by atoms with E-state index in [1.807, 2.05) is 0 Å². The summed E-state index contributed by atoms with van der Waals surface area (Å²) in [6, 6.07) is 16.7. The number of hydrogen-bond acceptors (Lipinski definition) is 6. The molecule has 1 saturated heterocycles. The Morgan fingerprint density at radius 2 is 1.76 bits per heavy atom. The number of nitrogens with one attached hydrogen (secondary N) is 1. The molecule has 3 aromatic carbocycles. The number of nitrogens with zero attached hydrogens (tertiary/aromatic N) is 1. The van der Waals surface area contributed by atoms with Gasteiger partial charge in [0.25, 0.3) is 5.91 Å². The van der Waals surface area contributed by atoms with Crippen molar-refractivity contribution in [2.24, 2.45) is 0 Å². The van der Waals surface area contributed by atoms with Gasteiger partial charge in [0.05, 0.1) is 23.8 Å². The Labute approximate surface area is 225 Å². The number of ketones is 1. The summed E-state index contributed by atoms with van der Waals surface area (Å²) >= 11 is 6.39. The first-order valence-electron chi connectivity index (χ1n) is 12.6. The first kappa shape index (κ1) is 26.3. The molecule has 1 aliphatic heterocycles. The number of carbonyl (C=O) groups excluding carboxylic acids is 2. The largest absolute Gasteiger partial charge is 0.489 e. The molecule has 3 aromatic rings. The second-order valence-corrected chi connectivity index (χ2v) is 9.93. The Morgan fingerprint density at radius 1 is 1.08 bits per heavy atom.